The minimum absolute atomic E-state index is 0.0812. The SMILES string of the molecule is CC(=O)C(C)C(=O)c1cc(O)ccc1C=O. The van der Waals surface area contributed by atoms with Gasteiger partial charge in [0.15, 0.2) is 12.1 Å². The fourth-order valence-electron chi connectivity index (χ4n) is 1.28. The van der Waals surface area contributed by atoms with E-state index in [2.05, 4.69) is 0 Å². The highest BCUT2D eigenvalue weighted by molar-refractivity contribution is 6.12. The average Bonchev–Trinajstić information content (AvgIpc) is 2.26. The van der Waals surface area contributed by atoms with Gasteiger partial charge < -0.3 is 5.11 Å². The van der Waals surface area contributed by atoms with Crippen LogP contribution in [0.4, 0.5) is 0 Å². The molecule has 0 amide bonds. The summed E-state index contributed by atoms with van der Waals surface area (Å²) in [5.41, 5.74) is 0.258. The van der Waals surface area contributed by atoms with Crippen molar-refractivity contribution in [3.8, 4) is 5.75 Å². The number of aromatic hydroxyl groups is 1. The first-order valence-electron chi connectivity index (χ1n) is 4.80. The number of hydrogen-bond acceptors (Lipinski definition) is 4. The van der Waals surface area contributed by atoms with E-state index >= 15 is 0 Å². The molecule has 0 bridgehead atoms. The van der Waals surface area contributed by atoms with Crippen molar-refractivity contribution in [2.24, 2.45) is 5.92 Å². The molecule has 0 aromatic heterocycles. The first kappa shape index (κ1) is 12.1. The number of ketones is 2. The van der Waals surface area contributed by atoms with Gasteiger partial charge >= 0.3 is 0 Å². The maximum atomic E-state index is 11.8. The van der Waals surface area contributed by atoms with Crippen molar-refractivity contribution in [2.75, 3.05) is 0 Å². The zero-order valence-corrected chi connectivity index (χ0v) is 9.06. The summed E-state index contributed by atoms with van der Waals surface area (Å²) in [5, 5.41) is 9.25. The number of benzene rings is 1. The summed E-state index contributed by atoms with van der Waals surface area (Å²) in [7, 11) is 0. The number of phenols is 1. The average molecular weight is 220 g/mol. The van der Waals surface area contributed by atoms with E-state index in [4.69, 9.17) is 0 Å². The fraction of sp³-hybridized carbons (Fsp3) is 0.250. The molecule has 4 heteroatoms. The molecule has 0 aliphatic heterocycles. The molecule has 0 radical (unpaired) electrons. The molecule has 4 nitrogen and oxygen atoms in total. The zero-order chi connectivity index (χ0) is 12.3. The zero-order valence-electron chi connectivity index (χ0n) is 9.06. The van der Waals surface area contributed by atoms with Gasteiger partial charge in [-0.05, 0) is 32.0 Å². The molecule has 1 unspecified atom stereocenters. The van der Waals surface area contributed by atoms with Crippen LogP contribution in [0.3, 0.4) is 0 Å². The molecular formula is C12H12O4. The third kappa shape index (κ3) is 2.34. The summed E-state index contributed by atoms with van der Waals surface area (Å²) in [4.78, 5) is 33.6. The highest BCUT2D eigenvalue weighted by atomic mass is 16.3. The molecule has 0 saturated carbocycles. The molecule has 1 atom stereocenters. The molecule has 84 valence electrons. The normalized spacial score (nSPS) is 11.9. The summed E-state index contributed by atoms with van der Waals surface area (Å²) in [6.45, 7) is 2.79. The summed E-state index contributed by atoms with van der Waals surface area (Å²) in [6.07, 6.45) is 0.527. The molecule has 16 heavy (non-hydrogen) atoms. The van der Waals surface area contributed by atoms with E-state index in [9.17, 15) is 19.5 Å². The molecule has 0 heterocycles. The van der Waals surface area contributed by atoms with Crippen molar-refractivity contribution in [1.82, 2.24) is 0 Å². The van der Waals surface area contributed by atoms with Crippen molar-refractivity contribution in [3.63, 3.8) is 0 Å². The lowest BCUT2D eigenvalue weighted by Crippen LogP contribution is -2.19. The van der Waals surface area contributed by atoms with Crippen LogP contribution in [0.2, 0.25) is 0 Å². The number of hydrogen-bond donors (Lipinski definition) is 1. The standard InChI is InChI=1S/C12H12O4/c1-7(8(2)14)12(16)11-5-10(15)4-3-9(11)6-13/h3-7,15H,1-2H3. The van der Waals surface area contributed by atoms with Crippen LogP contribution in [0.5, 0.6) is 5.75 Å². The predicted molar refractivity (Wildman–Crippen MR) is 57.7 cm³/mol. The van der Waals surface area contributed by atoms with Gasteiger partial charge in [-0.3, -0.25) is 14.4 Å². The molecule has 0 saturated heterocycles. The Kier molecular flexibility index (Phi) is 3.55. The molecule has 1 aromatic carbocycles. The fourth-order valence-corrected chi connectivity index (χ4v) is 1.28. The predicted octanol–water partition coefficient (Wildman–Crippen LogP) is 1.61. The number of carbonyl (C=O) groups excluding carboxylic acids is 3. The van der Waals surface area contributed by atoms with Gasteiger partial charge in [0.1, 0.15) is 11.5 Å². The Balaban J connectivity index is 3.21. The van der Waals surface area contributed by atoms with Gasteiger partial charge in [-0.15, -0.1) is 0 Å². The van der Waals surface area contributed by atoms with E-state index in [0.717, 1.165) is 0 Å². The molecular weight excluding hydrogens is 208 g/mol. The maximum Gasteiger partial charge on any atom is 0.173 e. The minimum Gasteiger partial charge on any atom is -0.508 e. The van der Waals surface area contributed by atoms with Crippen LogP contribution < -0.4 is 0 Å². The number of aldehydes is 1. The van der Waals surface area contributed by atoms with Crippen LogP contribution in [0.1, 0.15) is 34.6 Å². The Morgan fingerprint density at radius 3 is 2.50 bits per heavy atom. The van der Waals surface area contributed by atoms with Crippen LogP contribution in [-0.2, 0) is 4.79 Å². The van der Waals surface area contributed by atoms with Crippen molar-refractivity contribution in [2.45, 2.75) is 13.8 Å². The molecule has 1 N–H and O–H groups in total. The van der Waals surface area contributed by atoms with Gasteiger partial charge in [-0.25, -0.2) is 0 Å². The second kappa shape index (κ2) is 4.70. The molecule has 0 fully saturated rings. The minimum atomic E-state index is -0.805. The van der Waals surface area contributed by atoms with Crippen LogP contribution in [0.15, 0.2) is 18.2 Å². The summed E-state index contributed by atoms with van der Waals surface area (Å²) in [5.74, 6) is -1.64. The van der Waals surface area contributed by atoms with Crippen LogP contribution in [0.25, 0.3) is 0 Å². The Hall–Kier alpha value is -1.97. The third-order valence-electron chi connectivity index (χ3n) is 2.43. The van der Waals surface area contributed by atoms with Gasteiger partial charge in [0, 0.05) is 11.1 Å². The van der Waals surface area contributed by atoms with Crippen LogP contribution in [0, 0.1) is 5.92 Å². The van der Waals surface area contributed by atoms with Gasteiger partial charge in [0.05, 0.1) is 5.92 Å². The lowest BCUT2D eigenvalue weighted by Gasteiger charge is -2.08. The summed E-state index contributed by atoms with van der Waals surface area (Å²) < 4.78 is 0. The van der Waals surface area contributed by atoms with Gasteiger partial charge in [-0.1, -0.05) is 0 Å². The lowest BCUT2D eigenvalue weighted by molar-refractivity contribution is -0.118. The van der Waals surface area contributed by atoms with Crippen LogP contribution >= 0.6 is 0 Å². The molecule has 0 spiro atoms. The summed E-state index contributed by atoms with van der Waals surface area (Å²) in [6, 6.07) is 3.87. The second-order valence-electron chi connectivity index (χ2n) is 3.59. The van der Waals surface area contributed by atoms with E-state index < -0.39 is 11.7 Å². The van der Waals surface area contributed by atoms with E-state index in [1.807, 2.05) is 0 Å². The van der Waals surface area contributed by atoms with Crippen molar-refractivity contribution < 1.29 is 19.5 Å². The van der Waals surface area contributed by atoms with E-state index in [1.165, 1.54) is 32.0 Å². The maximum absolute atomic E-state index is 11.8. The first-order chi connectivity index (χ1) is 7.47. The Morgan fingerprint density at radius 1 is 1.38 bits per heavy atom. The highest BCUT2D eigenvalue weighted by Crippen LogP contribution is 2.19. The largest absolute Gasteiger partial charge is 0.508 e. The summed E-state index contributed by atoms with van der Waals surface area (Å²) >= 11 is 0. The Bertz CT molecular complexity index is 448. The third-order valence-corrected chi connectivity index (χ3v) is 2.43. The Morgan fingerprint density at radius 2 is 2.00 bits per heavy atom. The van der Waals surface area contributed by atoms with E-state index in [-0.39, 0.29) is 22.7 Å². The number of carbonyl (C=O) groups is 3. The monoisotopic (exact) mass is 220 g/mol. The number of phenolic OH excluding ortho intramolecular Hbond substituents is 1. The molecule has 0 aliphatic carbocycles. The Labute approximate surface area is 92.9 Å². The topological polar surface area (TPSA) is 71.4 Å². The number of Topliss-reactive ketones (excluding diaryl/α,β-unsaturated/α-hetero) is 2. The van der Waals surface area contributed by atoms with Crippen molar-refractivity contribution in [3.05, 3.63) is 29.3 Å². The lowest BCUT2D eigenvalue weighted by atomic mass is 9.93. The van der Waals surface area contributed by atoms with E-state index in [0.29, 0.717) is 6.29 Å². The van der Waals surface area contributed by atoms with Gasteiger partial charge in [0.2, 0.25) is 0 Å². The molecule has 1 rings (SSSR count). The van der Waals surface area contributed by atoms with Crippen molar-refractivity contribution in [1.29, 1.82) is 0 Å². The molecule has 0 aliphatic rings. The molecule has 1 aromatic rings. The van der Waals surface area contributed by atoms with Crippen molar-refractivity contribution >= 4 is 17.9 Å². The highest BCUT2D eigenvalue weighted by Gasteiger charge is 2.22. The van der Waals surface area contributed by atoms with Gasteiger partial charge in [-0.2, -0.15) is 0 Å². The van der Waals surface area contributed by atoms with Gasteiger partial charge in [0.25, 0.3) is 0 Å². The van der Waals surface area contributed by atoms with Crippen LogP contribution in [-0.4, -0.2) is 23.0 Å². The number of rotatable bonds is 4. The smallest absolute Gasteiger partial charge is 0.173 e. The first-order valence-corrected chi connectivity index (χ1v) is 4.80. The quantitative estimate of drug-likeness (QED) is 0.475. The second-order valence-corrected chi connectivity index (χ2v) is 3.59. The van der Waals surface area contributed by atoms with E-state index in [1.54, 1.807) is 0 Å².